The zero-order valence-corrected chi connectivity index (χ0v) is 19.5. The van der Waals surface area contributed by atoms with Gasteiger partial charge in [0.2, 0.25) is 0 Å². The highest BCUT2D eigenvalue weighted by Crippen LogP contribution is 2.30. The molecule has 5 rings (SSSR count). The van der Waals surface area contributed by atoms with Crippen molar-refractivity contribution >= 4 is 34.0 Å². The largest absolute Gasteiger partial charge is 0.380 e. The Labute approximate surface area is 197 Å². The van der Waals surface area contributed by atoms with Crippen molar-refractivity contribution in [3.8, 4) is 0 Å². The fourth-order valence-corrected chi connectivity index (χ4v) is 4.48. The number of amidine groups is 1. The molecule has 2 N–H and O–H groups in total. The van der Waals surface area contributed by atoms with Gasteiger partial charge in [0, 0.05) is 56.3 Å². The van der Waals surface area contributed by atoms with Crippen molar-refractivity contribution < 1.29 is 13.9 Å². The smallest absolute Gasteiger partial charge is 0.257 e. The van der Waals surface area contributed by atoms with Gasteiger partial charge >= 0.3 is 0 Å². The summed E-state index contributed by atoms with van der Waals surface area (Å²) in [4.78, 5) is 24.0. The number of carbonyl (C=O) groups excluding carboxylic acids is 1. The molecule has 0 radical (unpaired) electrons. The molecule has 10 heteroatoms. The van der Waals surface area contributed by atoms with Gasteiger partial charge in [0.25, 0.3) is 5.91 Å². The van der Waals surface area contributed by atoms with E-state index in [-0.39, 0.29) is 17.7 Å². The van der Waals surface area contributed by atoms with Crippen LogP contribution in [0.2, 0.25) is 0 Å². The highest BCUT2D eigenvalue weighted by Gasteiger charge is 2.28. The van der Waals surface area contributed by atoms with Gasteiger partial charge in [0.15, 0.2) is 0 Å². The molecule has 1 fully saturated rings. The van der Waals surface area contributed by atoms with Crippen LogP contribution in [0.1, 0.15) is 24.2 Å². The number of aliphatic imine (C=N–C) groups is 2. The highest BCUT2D eigenvalue weighted by atomic mass is 19.1. The van der Waals surface area contributed by atoms with Crippen molar-refractivity contribution in [1.82, 2.24) is 20.4 Å². The Bertz CT molecular complexity index is 1250. The lowest BCUT2D eigenvalue weighted by Gasteiger charge is -2.30. The van der Waals surface area contributed by atoms with Crippen molar-refractivity contribution in [2.45, 2.75) is 32.5 Å². The zero-order chi connectivity index (χ0) is 23.8. The fraction of sp³-hybridized carbons (Fsp3) is 0.417. The topological polar surface area (TPSA) is 96.1 Å². The minimum atomic E-state index is -0.509. The molecule has 2 aromatic rings. The van der Waals surface area contributed by atoms with Crippen LogP contribution in [0.4, 0.5) is 10.1 Å². The maximum Gasteiger partial charge on any atom is 0.257 e. The number of amides is 1. The highest BCUT2D eigenvalue weighted by molar-refractivity contribution is 6.15. The lowest BCUT2D eigenvalue weighted by molar-refractivity contribution is 0.0968. The Morgan fingerprint density at radius 1 is 1.35 bits per heavy atom. The van der Waals surface area contributed by atoms with Crippen molar-refractivity contribution in [2.75, 3.05) is 38.2 Å². The number of fused-ring (bicyclic) bond motifs is 2. The van der Waals surface area contributed by atoms with Gasteiger partial charge in [-0.1, -0.05) is 0 Å². The number of ether oxygens (including phenoxy) is 1. The first-order valence-corrected chi connectivity index (χ1v) is 11.5. The monoisotopic (exact) mass is 465 g/mol. The summed E-state index contributed by atoms with van der Waals surface area (Å²) >= 11 is 0. The van der Waals surface area contributed by atoms with Gasteiger partial charge in [-0.3, -0.25) is 14.5 Å². The van der Waals surface area contributed by atoms with Crippen LogP contribution in [0.15, 0.2) is 52.0 Å². The molecule has 1 aromatic carbocycles. The van der Waals surface area contributed by atoms with Crippen LogP contribution < -0.4 is 15.5 Å². The third-order valence-corrected chi connectivity index (χ3v) is 6.26. The van der Waals surface area contributed by atoms with E-state index in [1.54, 1.807) is 26.2 Å². The van der Waals surface area contributed by atoms with Gasteiger partial charge in [0.05, 0.1) is 18.2 Å². The summed E-state index contributed by atoms with van der Waals surface area (Å²) in [6.45, 7) is 7.82. The molecular formula is C24H28FN7O2. The van der Waals surface area contributed by atoms with E-state index in [0.29, 0.717) is 29.2 Å². The Balaban J connectivity index is 1.48. The molecule has 3 aliphatic rings. The quantitative estimate of drug-likeness (QED) is 0.682. The molecule has 1 saturated heterocycles. The average molecular weight is 466 g/mol. The molecule has 1 aromatic heterocycles. The Hall–Kier alpha value is -3.37. The Morgan fingerprint density at radius 2 is 2.15 bits per heavy atom. The van der Waals surface area contributed by atoms with Gasteiger partial charge in [-0.2, -0.15) is 5.10 Å². The number of carbonyl (C=O) groups is 1. The lowest BCUT2D eigenvalue weighted by atomic mass is 10.0. The molecule has 1 aliphatic carbocycles. The number of nitrogens with one attached hydrogen (secondary N) is 2. The number of halogens is 1. The summed E-state index contributed by atoms with van der Waals surface area (Å²) in [7, 11) is 1.66. The summed E-state index contributed by atoms with van der Waals surface area (Å²) in [5.74, 6) is -0.315. The van der Waals surface area contributed by atoms with Crippen LogP contribution in [0.3, 0.4) is 0 Å². The molecule has 0 bridgehead atoms. The first kappa shape index (κ1) is 22.4. The van der Waals surface area contributed by atoms with Crippen molar-refractivity contribution in [2.24, 2.45) is 9.98 Å². The summed E-state index contributed by atoms with van der Waals surface area (Å²) < 4.78 is 21.7. The standard InChI is InChI=1S/C24H28FN7O2/c1-14(34-3)12-32-13-18-21(31-8-6-26-7-9-31)5-4-17(22(18)30-32)24(33)29-16-10-19(25)23-20(11-16)27-15(2)28-23/h4-5,10-11,13-14,20,26H,6-9,12H2,1-3H3,(H,29,33)/t14-,20?/m1/s1. The fourth-order valence-electron chi connectivity index (χ4n) is 4.48. The SMILES string of the molecule is CO[C@H](C)Cn1cc2c(N3CCNCC3)ccc(C(=O)NC3=CC4N=C(C)N=C4C(F)=C3)c2n1. The summed E-state index contributed by atoms with van der Waals surface area (Å²) in [5, 5.41) is 11.8. The average Bonchev–Trinajstić information content (AvgIpc) is 3.41. The van der Waals surface area contributed by atoms with E-state index < -0.39 is 11.9 Å². The predicted octanol–water partition coefficient (Wildman–Crippen LogP) is 2.20. The maximum atomic E-state index is 14.5. The number of methoxy groups -OCH3 is 1. The molecule has 2 aliphatic heterocycles. The molecule has 0 spiro atoms. The summed E-state index contributed by atoms with van der Waals surface area (Å²) in [6, 6.07) is 3.25. The van der Waals surface area contributed by atoms with E-state index in [9.17, 15) is 9.18 Å². The Morgan fingerprint density at radius 3 is 2.91 bits per heavy atom. The molecule has 34 heavy (non-hydrogen) atoms. The number of piperazine rings is 1. The molecule has 178 valence electrons. The van der Waals surface area contributed by atoms with E-state index in [0.717, 1.165) is 37.3 Å². The van der Waals surface area contributed by atoms with Crippen molar-refractivity contribution in [1.29, 1.82) is 0 Å². The normalized spacial score (nSPS) is 20.9. The van der Waals surface area contributed by atoms with Gasteiger partial charge in [0.1, 0.15) is 28.9 Å². The molecule has 2 atom stereocenters. The second kappa shape index (κ2) is 9.11. The van der Waals surface area contributed by atoms with Crippen LogP contribution in [0, 0.1) is 0 Å². The number of anilines is 1. The van der Waals surface area contributed by atoms with E-state index in [1.165, 1.54) is 6.08 Å². The number of aromatic nitrogens is 2. The second-order valence-corrected chi connectivity index (χ2v) is 8.72. The van der Waals surface area contributed by atoms with E-state index in [2.05, 4.69) is 25.5 Å². The van der Waals surface area contributed by atoms with Crippen LogP contribution >= 0.6 is 0 Å². The number of rotatable bonds is 6. The van der Waals surface area contributed by atoms with Crippen molar-refractivity contribution in [3.63, 3.8) is 0 Å². The summed E-state index contributed by atoms with van der Waals surface area (Å²) in [5.41, 5.74) is 2.72. The maximum absolute atomic E-state index is 14.5. The minimum Gasteiger partial charge on any atom is -0.380 e. The second-order valence-electron chi connectivity index (χ2n) is 8.72. The first-order valence-electron chi connectivity index (χ1n) is 11.5. The molecule has 1 amide bonds. The number of hydrogen-bond donors (Lipinski definition) is 2. The van der Waals surface area contributed by atoms with Gasteiger partial charge in [-0.15, -0.1) is 0 Å². The number of allylic oxidation sites excluding steroid dienone is 1. The zero-order valence-electron chi connectivity index (χ0n) is 19.5. The molecule has 9 nitrogen and oxygen atoms in total. The third kappa shape index (κ3) is 4.26. The van der Waals surface area contributed by atoms with Gasteiger partial charge in [-0.05, 0) is 38.1 Å². The third-order valence-electron chi connectivity index (χ3n) is 6.26. The first-order chi connectivity index (χ1) is 16.4. The predicted molar refractivity (Wildman–Crippen MR) is 130 cm³/mol. The van der Waals surface area contributed by atoms with Crippen LogP contribution in [-0.2, 0) is 11.3 Å². The molecule has 3 heterocycles. The molecule has 0 saturated carbocycles. The van der Waals surface area contributed by atoms with E-state index in [4.69, 9.17) is 9.84 Å². The van der Waals surface area contributed by atoms with Gasteiger partial charge < -0.3 is 20.3 Å². The number of benzene rings is 1. The van der Waals surface area contributed by atoms with Crippen LogP contribution in [0.5, 0.6) is 0 Å². The van der Waals surface area contributed by atoms with Crippen LogP contribution in [0.25, 0.3) is 10.9 Å². The lowest BCUT2D eigenvalue weighted by Crippen LogP contribution is -2.43. The number of hydrogen-bond acceptors (Lipinski definition) is 7. The van der Waals surface area contributed by atoms with E-state index in [1.807, 2.05) is 23.9 Å². The summed E-state index contributed by atoms with van der Waals surface area (Å²) in [6.07, 6.45) is 4.94. The van der Waals surface area contributed by atoms with Crippen molar-refractivity contribution in [3.05, 3.63) is 47.6 Å². The van der Waals surface area contributed by atoms with Gasteiger partial charge in [-0.25, -0.2) is 9.38 Å². The Kier molecular flexibility index (Phi) is 6.01. The molecular weight excluding hydrogens is 437 g/mol. The van der Waals surface area contributed by atoms with Crippen LogP contribution in [-0.4, -0.2) is 72.7 Å². The minimum absolute atomic E-state index is 0.0268. The molecule has 1 unspecified atom stereocenters. The number of nitrogens with zero attached hydrogens (tertiary/aromatic N) is 5. The van der Waals surface area contributed by atoms with E-state index >= 15 is 0 Å².